The van der Waals surface area contributed by atoms with E-state index in [1.807, 2.05) is 0 Å². The van der Waals surface area contributed by atoms with Crippen LogP contribution in [0, 0.1) is 5.92 Å². The molecule has 0 saturated carbocycles. The molecular formula is C9H14O4. The molecule has 4 nitrogen and oxygen atoms in total. The smallest absolute Gasteiger partial charge is 0.320 e. The van der Waals surface area contributed by atoms with Gasteiger partial charge < -0.3 is 9.47 Å². The fourth-order valence-corrected chi connectivity index (χ4v) is 0.901. The highest BCUT2D eigenvalue weighted by Gasteiger charge is 2.27. The molecule has 0 aromatic heterocycles. The number of carbonyl (C=O) groups excluding carboxylic acids is 2. The van der Waals surface area contributed by atoms with Crippen LogP contribution in [0.4, 0.5) is 0 Å². The number of rotatable bonds is 5. The second-order valence-corrected chi connectivity index (χ2v) is 2.46. The number of hydrogen-bond acceptors (Lipinski definition) is 4. The van der Waals surface area contributed by atoms with Crippen LogP contribution < -0.4 is 0 Å². The standard InChI is InChI=1S/C9H14O4/c1-4-5-6-7(8(10)12-2)9(11)13-3/h4,7H,1,5-6H2,2-3H3. The molecule has 13 heavy (non-hydrogen) atoms. The summed E-state index contributed by atoms with van der Waals surface area (Å²) >= 11 is 0. The number of methoxy groups -OCH3 is 2. The van der Waals surface area contributed by atoms with E-state index in [9.17, 15) is 9.59 Å². The first-order valence-corrected chi connectivity index (χ1v) is 3.94. The van der Waals surface area contributed by atoms with Crippen molar-refractivity contribution in [1.82, 2.24) is 0 Å². The Morgan fingerprint density at radius 2 is 1.77 bits per heavy atom. The summed E-state index contributed by atoms with van der Waals surface area (Å²) in [5.41, 5.74) is 0. The Balaban J connectivity index is 4.26. The van der Waals surface area contributed by atoms with E-state index in [0.29, 0.717) is 12.8 Å². The van der Waals surface area contributed by atoms with Gasteiger partial charge in [-0.15, -0.1) is 6.58 Å². The third kappa shape index (κ3) is 3.73. The van der Waals surface area contributed by atoms with Gasteiger partial charge in [0.15, 0.2) is 5.92 Å². The minimum Gasteiger partial charge on any atom is -0.468 e. The fourth-order valence-electron chi connectivity index (χ4n) is 0.901. The molecule has 0 aliphatic carbocycles. The third-order valence-electron chi connectivity index (χ3n) is 1.63. The minimum atomic E-state index is -0.826. The number of esters is 2. The maximum absolute atomic E-state index is 11.1. The number of ether oxygens (including phenoxy) is 2. The van der Waals surface area contributed by atoms with Crippen LogP contribution in [0.3, 0.4) is 0 Å². The molecule has 0 fully saturated rings. The van der Waals surface area contributed by atoms with E-state index in [4.69, 9.17) is 0 Å². The van der Waals surface area contributed by atoms with Gasteiger partial charge in [0.05, 0.1) is 14.2 Å². The van der Waals surface area contributed by atoms with Crippen molar-refractivity contribution in [2.45, 2.75) is 12.8 Å². The van der Waals surface area contributed by atoms with Gasteiger partial charge in [0.25, 0.3) is 0 Å². The molecule has 0 unspecified atom stereocenters. The molecule has 0 aliphatic heterocycles. The molecule has 0 radical (unpaired) electrons. The minimum absolute atomic E-state index is 0.378. The van der Waals surface area contributed by atoms with Crippen molar-refractivity contribution in [3.8, 4) is 0 Å². The van der Waals surface area contributed by atoms with Crippen LogP contribution >= 0.6 is 0 Å². The normalized spacial score (nSPS) is 9.46. The molecule has 0 bridgehead atoms. The number of allylic oxidation sites excluding steroid dienone is 1. The lowest BCUT2D eigenvalue weighted by Gasteiger charge is -2.10. The summed E-state index contributed by atoms with van der Waals surface area (Å²) in [5, 5.41) is 0. The Morgan fingerprint density at radius 3 is 2.08 bits per heavy atom. The largest absolute Gasteiger partial charge is 0.468 e. The summed E-state index contributed by atoms with van der Waals surface area (Å²) in [6.07, 6.45) is 2.59. The average Bonchev–Trinajstić information content (AvgIpc) is 2.17. The number of carbonyl (C=O) groups is 2. The molecule has 0 rings (SSSR count). The van der Waals surface area contributed by atoms with Gasteiger partial charge in [-0.2, -0.15) is 0 Å². The first kappa shape index (κ1) is 11.7. The van der Waals surface area contributed by atoms with Crippen LogP contribution in [0.25, 0.3) is 0 Å². The van der Waals surface area contributed by atoms with Crippen LogP contribution in [0.15, 0.2) is 12.7 Å². The van der Waals surface area contributed by atoms with Crippen LogP contribution in [-0.4, -0.2) is 26.2 Å². The first-order valence-electron chi connectivity index (χ1n) is 3.94. The Hall–Kier alpha value is -1.32. The molecule has 0 saturated heterocycles. The van der Waals surface area contributed by atoms with Gasteiger partial charge in [-0.25, -0.2) is 0 Å². The molecule has 0 N–H and O–H groups in total. The predicted octanol–water partition coefficient (Wildman–Crippen LogP) is 0.915. The lowest BCUT2D eigenvalue weighted by molar-refractivity contribution is -0.159. The fraction of sp³-hybridized carbons (Fsp3) is 0.556. The summed E-state index contributed by atoms with van der Waals surface area (Å²) in [5.74, 6) is -1.95. The second-order valence-electron chi connectivity index (χ2n) is 2.46. The summed E-state index contributed by atoms with van der Waals surface area (Å²) < 4.78 is 8.92. The molecule has 0 aromatic rings. The number of hydrogen-bond donors (Lipinski definition) is 0. The van der Waals surface area contributed by atoms with Crippen LogP contribution in [0.5, 0.6) is 0 Å². The highest BCUT2D eigenvalue weighted by Crippen LogP contribution is 2.10. The van der Waals surface area contributed by atoms with Gasteiger partial charge in [-0.3, -0.25) is 9.59 Å². The summed E-state index contributed by atoms with van der Waals surface area (Å²) in [6.45, 7) is 3.50. The summed E-state index contributed by atoms with van der Waals surface area (Å²) in [7, 11) is 2.48. The van der Waals surface area contributed by atoms with Crippen molar-refractivity contribution in [3.05, 3.63) is 12.7 Å². The van der Waals surface area contributed by atoms with Crippen LogP contribution in [0.2, 0.25) is 0 Å². The molecular weight excluding hydrogens is 172 g/mol. The molecule has 0 aromatic carbocycles. The maximum atomic E-state index is 11.1. The van der Waals surface area contributed by atoms with Gasteiger partial charge in [0.2, 0.25) is 0 Å². The lowest BCUT2D eigenvalue weighted by Crippen LogP contribution is -2.26. The zero-order valence-corrected chi connectivity index (χ0v) is 7.91. The van der Waals surface area contributed by atoms with Gasteiger partial charge >= 0.3 is 11.9 Å². The molecule has 4 heteroatoms. The van der Waals surface area contributed by atoms with Crippen LogP contribution in [-0.2, 0) is 19.1 Å². The Labute approximate surface area is 77.5 Å². The van der Waals surface area contributed by atoms with Crippen molar-refractivity contribution >= 4 is 11.9 Å². The second kappa shape index (κ2) is 6.22. The molecule has 74 valence electrons. The van der Waals surface area contributed by atoms with E-state index in [1.165, 1.54) is 14.2 Å². The Kier molecular flexibility index (Phi) is 5.59. The first-order chi connectivity index (χ1) is 6.17. The van der Waals surface area contributed by atoms with Crippen LogP contribution in [0.1, 0.15) is 12.8 Å². The molecule has 0 amide bonds. The molecule has 0 aliphatic rings. The van der Waals surface area contributed by atoms with E-state index >= 15 is 0 Å². The highest BCUT2D eigenvalue weighted by atomic mass is 16.5. The zero-order chi connectivity index (χ0) is 10.3. The van der Waals surface area contributed by atoms with E-state index in [2.05, 4.69) is 16.1 Å². The van der Waals surface area contributed by atoms with Crippen molar-refractivity contribution in [1.29, 1.82) is 0 Å². The zero-order valence-electron chi connectivity index (χ0n) is 7.91. The molecule has 0 heterocycles. The van der Waals surface area contributed by atoms with Crippen molar-refractivity contribution < 1.29 is 19.1 Å². The van der Waals surface area contributed by atoms with Crippen molar-refractivity contribution in [2.24, 2.45) is 5.92 Å². The third-order valence-corrected chi connectivity index (χ3v) is 1.63. The maximum Gasteiger partial charge on any atom is 0.320 e. The lowest BCUT2D eigenvalue weighted by atomic mass is 10.0. The monoisotopic (exact) mass is 186 g/mol. The predicted molar refractivity (Wildman–Crippen MR) is 47.0 cm³/mol. The van der Waals surface area contributed by atoms with E-state index in [0.717, 1.165) is 0 Å². The van der Waals surface area contributed by atoms with Crippen molar-refractivity contribution in [3.63, 3.8) is 0 Å². The van der Waals surface area contributed by atoms with E-state index < -0.39 is 17.9 Å². The SMILES string of the molecule is C=CCCC(C(=O)OC)C(=O)OC. The summed E-state index contributed by atoms with van der Waals surface area (Å²) in [6, 6.07) is 0. The van der Waals surface area contributed by atoms with Crippen molar-refractivity contribution in [2.75, 3.05) is 14.2 Å². The van der Waals surface area contributed by atoms with E-state index in [1.54, 1.807) is 6.08 Å². The average molecular weight is 186 g/mol. The summed E-state index contributed by atoms with van der Waals surface area (Å²) in [4.78, 5) is 22.1. The van der Waals surface area contributed by atoms with Gasteiger partial charge in [-0.1, -0.05) is 6.08 Å². The van der Waals surface area contributed by atoms with Gasteiger partial charge in [-0.05, 0) is 12.8 Å². The topological polar surface area (TPSA) is 52.6 Å². The quantitative estimate of drug-likeness (QED) is 0.364. The highest BCUT2D eigenvalue weighted by molar-refractivity contribution is 5.94. The molecule has 0 spiro atoms. The van der Waals surface area contributed by atoms with Gasteiger partial charge in [0.1, 0.15) is 0 Å². The Morgan fingerprint density at radius 1 is 1.31 bits per heavy atom. The van der Waals surface area contributed by atoms with Gasteiger partial charge in [0, 0.05) is 0 Å². The Bertz CT molecular complexity index is 182. The molecule has 0 atom stereocenters. The van der Waals surface area contributed by atoms with E-state index in [-0.39, 0.29) is 0 Å².